The number of hydrogen-bond acceptors (Lipinski definition) is 3. The summed E-state index contributed by atoms with van der Waals surface area (Å²) in [5.74, 6) is -0.430. The second-order valence-electron chi connectivity index (χ2n) is 6.13. The van der Waals surface area contributed by atoms with Gasteiger partial charge >= 0.3 is 0 Å². The third-order valence-electron chi connectivity index (χ3n) is 3.67. The van der Waals surface area contributed by atoms with Gasteiger partial charge in [-0.1, -0.05) is 35.3 Å². The maximum Gasteiger partial charge on any atom is 0.241 e. The number of amides is 1. The Labute approximate surface area is 164 Å². The van der Waals surface area contributed by atoms with Crippen molar-refractivity contribution in [1.29, 1.82) is 0 Å². The molecule has 0 spiro atoms. The number of aryl methyl sites for hydroxylation is 2. The topological polar surface area (TPSA) is 66.5 Å². The van der Waals surface area contributed by atoms with Gasteiger partial charge in [0.1, 0.15) is 6.54 Å². The van der Waals surface area contributed by atoms with Gasteiger partial charge in [-0.25, -0.2) is 8.42 Å². The van der Waals surface area contributed by atoms with Gasteiger partial charge in [0.25, 0.3) is 0 Å². The van der Waals surface area contributed by atoms with Crippen LogP contribution in [0.3, 0.4) is 0 Å². The summed E-state index contributed by atoms with van der Waals surface area (Å²) in [7, 11) is -3.61. The first-order chi connectivity index (χ1) is 12.1. The molecule has 0 radical (unpaired) electrons. The van der Waals surface area contributed by atoms with Crippen LogP contribution >= 0.6 is 23.2 Å². The van der Waals surface area contributed by atoms with Gasteiger partial charge in [-0.05, 0) is 54.8 Å². The molecule has 0 aliphatic carbocycles. The lowest BCUT2D eigenvalue weighted by molar-refractivity contribution is -0.119. The zero-order valence-corrected chi connectivity index (χ0v) is 17.0. The number of anilines is 1. The number of nitrogens with zero attached hydrogens (tertiary/aromatic N) is 1. The van der Waals surface area contributed by atoms with E-state index in [4.69, 9.17) is 23.2 Å². The Morgan fingerprint density at radius 1 is 1.08 bits per heavy atom. The molecule has 0 fully saturated rings. The molecule has 8 heteroatoms. The number of carbonyl (C=O) groups is 1. The van der Waals surface area contributed by atoms with Gasteiger partial charge in [-0.2, -0.15) is 0 Å². The Bertz CT molecular complexity index is 910. The predicted octanol–water partition coefficient (Wildman–Crippen LogP) is 3.69. The van der Waals surface area contributed by atoms with Crippen LogP contribution in [-0.4, -0.2) is 27.1 Å². The van der Waals surface area contributed by atoms with Crippen LogP contribution in [0, 0.1) is 13.8 Å². The third kappa shape index (κ3) is 5.62. The van der Waals surface area contributed by atoms with E-state index in [-0.39, 0.29) is 13.1 Å². The van der Waals surface area contributed by atoms with Crippen molar-refractivity contribution in [2.75, 3.05) is 17.1 Å². The molecule has 0 aliphatic rings. The highest BCUT2D eigenvalue weighted by atomic mass is 35.5. The Morgan fingerprint density at radius 2 is 1.69 bits per heavy atom. The molecule has 2 aromatic rings. The summed E-state index contributed by atoms with van der Waals surface area (Å²) in [5, 5.41) is 3.63. The summed E-state index contributed by atoms with van der Waals surface area (Å²) < 4.78 is 25.4. The van der Waals surface area contributed by atoms with Crippen LogP contribution in [0.5, 0.6) is 0 Å². The Morgan fingerprint density at radius 3 is 2.23 bits per heavy atom. The van der Waals surface area contributed by atoms with Crippen molar-refractivity contribution in [3.8, 4) is 0 Å². The van der Waals surface area contributed by atoms with E-state index in [9.17, 15) is 13.2 Å². The number of carbonyl (C=O) groups excluding carboxylic acids is 1. The molecule has 1 N–H and O–H groups in total. The highest BCUT2D eigenvalue weighted by Crippen LogP contribution is 2.22. The van der Waals surface area contributed by atoms with Crippen LogP contribution in [0.1, 0.15) is 16.7 Å². The van der Waals surface area contributed by atoms with Crippen LogP contribution in [0.4, 0.5) is 5.69 Å². The van der Waals surface area contributed by atoms with Crippen LogP contribution < -0.4 is 9.62 Å². The second-order valence-corrected chi connectivity index (χ2v) is 8.88. The van der Waals surface area contributed by atoms with Gasteiger partial charge in [0.15, 0.2) is 0 Å². The van der Waals surface area contributed by atoms with Gasteiger partial charge in [-0.15, -0.1) is 0 Å². The first kappa shape index (κ1) is 20.6. The van der Waals surface area contributed by atoms with Crippen molar-refractivity contribution in [2.45, 2.75) is 20.4 Å². The molecule has 0 unspecified atom stereocenters. The van der Waals surface area contributed by atoms with Gasteiger partial charge in [0, 0.05) is 16.6 Å². The Hall–Kier alpha value is -1.76. The van der Waals surface area contributed by atoms with Crippen molar-refractivity contribution < 1.29 is 13.2 Å². The molecule has 2 aromatic carbocycles. The number of benzene rings is 2. The van der Waals surface area contributed by atoms with Crippen LogP contribution in [0.15, 0.2) is 36.4 Å². The minimum absolute atomic E-state index is 0.180. The fourth-order valence-electron chi connectivity index (χ4n) is 2.54. The largest absolute Gasteiger partial charge is 0.350 e. The SMILES string of the molecule is Cc1cc(C)cc(N(CC(=O)NCc2ccc(Cl)cc2Cl)S(C)(=O)=O)c1. The lowest BCUT2D eigenvalue weighted by atomic mass is 10.1. The maximum atomic E-state index is 12.3. The lowest BCUT2D eigenvalue weighted by Crippen LogP contribution is -2.40. The normalized spacial score (nSPS) is 11.3. The zero-order valence-electron chi connectivity index (χ0n) is 14.7. The zero-order chi connectivity index (χ0) is 19.5. The molecule has 0 aliphatic heterocycles. The van der Waals surface area contributed by atoms with Gasteiger partial charge in [0.2, 0.25) is 15.9 Å². The molecule has 0 atom stereocenters. The van der Waals surface area contributed by atoms with E-state index in [0.29, 0.717) is 21.3 Å². The quantitative estimate of drug-likeness (QED) is 0.783. The van der Waals surface area contributed by atoms with E-state index in [1.807, 2.05) is 19.9 Å². The molecule has 26 heavy (non-hydrogen) atoms. The molecular weight excluding hydrogens is 395 g/mol. The standard InChI is InChI=1S/C18H20Cl2N2O3S/c1-12-6-13(2)8-16(7-12)22(26(3,24)25)11-18(23)21-10-14-4-5-15(19)9-17(14)20/h4-9H,10-11H2,1-3H3,(H,21,23). The first-order valence-electron chi connectivity index (χ1n) is 7.83. The molecule has 2 rings (SSSR count). The van der Waals surface area contributed by atoms with Crippen molar-refractivity contribution in [3.63, 3.8) is 0 Å². The molecule has 5 nitrogen and oxygen atoms in total. The molecule has 0 saturated carbocycles. The van der Waals surface area contributed by atoms with Crippen LogP contribution in [0.25, 0.3) is 0 Å². The number of sulfonamides is 1. The average molecular weight is 415 g/mol. The number of hydrogen-bond donors (Lipinski definition) is 1. The molecule has 140 valence electrons. The van der Waals surface area contributed by atoms with Crippen molar-refractivity contribution >= 4 is 44.8 Å². The highest BCUT2D eigenvalue weighted by Gasteiger charge is 2.21. The Balaban J connectivity index is 2.14. The van der Waals surface area contributed by atoms with E-state index in [0.717, 1.165) is 21.7 Å². The fourth-order valence-corrected chi connectivity index (χ4v) is 3.86. The number of nitrogens with one attached hydrogen (secondary N) is 1. The van der Waals surface area contributed by atoms with Crippen LogP contribution in [-0.2, 0) is 21.4 Å². The molecular formula is C18H20Cl2N2O3S. The summed E-state index contributed by atoms with van der Waals surface area (Å²) in [5.41, 5.74) is 3.00. The number of halogens is 2. The minimum Gasteiger partial charge on any atom is -0.350 e. The lowest BCUT2D eigenvalue weighted by Gasteiger charge is -2.23. The fraction of sp³-hybridized carbons (Fsp3) is 0.278. The molecule has 0 bridgehead atoms. The predicted molar refractivity (Wildman–Crippen MR) is 106 cm³/mol. The Kier molecular flexibility index (Phi) is 6.55. The van der Waals surface area contributed by atoms with Gasteiger partial charge < -0.3 is 5.32 Å². The summed E-state index contributed by atoms with van der Waals surface area (Å²) in [4.78, 5) is 12.3. The third-order valence-corrected chi connectivity index (χ3v) is 5.40. The summed E-state index contributed by atoms with van der Waals surface area (Å²) in [6, 6.07) is 10.4. The minimum atomic E-state index is -3.61. The van der Waals surface area contributed by atoms with Gasteiger partial charge in [-0.3, -0.25) is 9.10 Å². The van der Waals surface area contributed by atoms with E-state index in [1.165, 1.54) is 0 Å². The summed E-state index contributed by atoms with van der Waals surface area (Å²) in [6.45, 7) is 3.62. The van der Waals surface area contributed by atoms with Crippen molar-refractivity contribution in [2.24, 2.45) is 0 Å². The van der Waals surface area contributed by atoms with E-state index < -0.39 is 15.9 Å². The first-order valence-corrected chi connectivity index (χ1v) is 10.4. The van der Waals surface area contributed by atoms with Crippen molar-refractivity contribution in [3.05, 3.63) is 63.1 Å². The molecule has 0 saturated heterocycles. The summed E-state index contributed by atoms with van der Waals surface area (Å²) in [6.07, 6.45) is 1.08. The van der Waals surface area contributed by atoms with Crippen molar-refractivity contribution in [1.82, 2.24) is 5.32 Å². The van der Waals surface area contributed by atoms with Crippen LogP contribution in [0.2, 0.25) is 10.0 Å². The van der Waals surface area contributed by atoms with E-state index >= 15 is 0 Å². The maximum absolute atomic E-state index is 12.3. The molecule has 0 aromatic heterocycles. The average Bonchev–Trinajstić information content (AvgIpc) is 2.49. The number of rotatable bonds is 6. The smallest absolute Gasteiger partial charge is 0.241 e. The molecule has 1 amide bonds. The van der Waals surface area contributed by atoms with Gasteiger partial charge in [0.05, 0.1) is 11.9 Å². The monoisotopic (exact) mass is 414 g/mol. The summed E-state index contributed by atoms with van der Waals surface area (Å²) >= 11 is 11.9. The highest BCUT2D eigenvalue weighted by molar-refractivity contribution is 7.92. The second kappa shape index (κ2) is 8.29. The van der Waals surface area contributed by atoms with E-state index in [2.05, 4.69) is 5.32 Å². The van der Waals surface area contributed by atoms with E-state index in [1.54, 1.807) is 30.3 Å². The molecule has 0 heterocycles.